The predicted molar refractivity (Wildman–Crippen MR) is 114 cm³/mol. The minimum absolute atomic E-state index is 0.117. The number of aryl methyl sites for hydroxylation is 2. The highest BCUT2D eigenvalue weighted by molar-refractivity contribution is 8.00. The van der Waals surface area contributed by atoms with Crippen LogP contribution in [0.25, 0.3) is 10.2 Å². The van der Waals surface area contributed by atoms with E-state index in [0.717, 1.165) is 19.9 Å². The van der Waals surface area contributed by atoms with Crippen LogP contribution in [-0.2, 0) is 16.1 Å². The Balaban J connectivity index is 1.89. The predicted octanol–water partition coefficient (Wildman–Crippen LogP) is 4.58. The molecule has 3 rings (SSSR count). The number of amides is 1. The zero-order valence-corrected chi connectivity index (χ0v) is 17.5. The lowest BCUT2D eigenvalue weighted by atomic mass is 10.1. The molecular formula is C21H24N2O2S2. The van der Waals surface area contributed by atoms with E-state index >= 15 is 0 Å². The number of nitrogens with zero attached hydrogens (tertiary/aromatic N) is 2. The summed E-state index contributed by atoms with van der Waals surface area (Å²) >= 11 is 3.08. The van der Waals surface area contributed by atoms with E-state index in [0.29, 0.717) is 25.5 Å². The Morgan fingerprint density at radius 2 is 1.93 bits per heavy atom. The first-order valence-corrected chi connectivity index (χ1v) is 10.8. The molecule has 0 fully saturated rings. The molecule has 142 valence electrons. The van der Waals surface area contributed by atoms with Crippen molar-refractivity contribution in [1.29, 1.82) is 0 Å². The topological polar surface area (TPSA) is 43.6 Å². The molecule has 27 heavy (non-hydrogen) atoms. The molecule has 4 nitrogen and oxygen atoms in total. The summed E-state index contributed by atoms with van der Waals surface area (Å²) in [7, 11) is 0. The molecule has 1 heterocycles. The summed E-state index contributed by atoms with van der Waals surface area (Å²) in [6, 6.07) is 14.3. The summed E-state index contributed by atoms with van der Waals surface area (Å²) in [5, 5.41) is 0. The number of thioether (sulfide) groups is 1. The van der Waals surface area contributed by atoms with Crippen LogP contribution in [0, 0.1) is 13.8 Å². The molecule has 6 heteroatoms. The molecule has 0 bridgehead atoms. The number of thiazole rings is 1. The zero-order valence-electron chi connectivity index (χ0n) is 15.9. The van der Waals surface area contributed by atoms with Gasteiger partial charge in [0.15, 0.2) is 4.80 Å². The van der Waals surface area contributed by atoms with E-state index in [1.165, 1.54) is 22.9 Å². The molecule has 0 aliphatic carbocycles. The summed E-state index contributed by atoms with van der Waals surface area (Å²) < 4.78 is 8.78. The number of carbonyl (C=O) groups is 1. The number of aromatic nitrogens is 1. The van der Waals surface area contributed by atoms with Crippen molar-refractivity contribution in [2.24, 2.45) is 4.99 Å². The van der Waals surface area contributed by atoms with Gasteiger partial charge in [0.1, 0.15) is 0 Å². The first kappa shape index (κ1) is 19.9. The fourth-order valence-electron chi connectivity index (χ4n) is 2.72. The molecular weight excluding hydrogens is 376 g/mol. The van der Waals surface area contributed by atoms with Crippen LogP contribution >= 0.6 is 23.1 Å². The van der Waals surface area contributed by atoms with Crippen molar-refractivity contribution in [3.05, 3.63) is 58.4 Å². The maximum absolute atomic E-state index is 12.5. The average Bonchev–Trinajstić information content (AvgIpc) is 2.98. The van der Waals surface area contributed by atoms with Gasteiger partial charge >= 0.3 is 0 Å². The van der Waals surface area contributed by atoms with Crippen molar-refractivity contribution in [3.63, 3.8) is 0 Å². The van der Waals surface area contributed by atoms with Gasteiger partial charge in [-0.3, -0.25) is 4.79 Å². The number of rotatable bonds is 7. The summed E-state index contributed by atoms with van der Waals surface area (Å²) in [6.07, 6.45) is 0. The minimum Gasteiger partial charge on any atom is -0.380 e. The molecule has 0 saturated heterocycles. The summed E-state index contributed by atoms with van der Waals surface area (Å²) in [6.45, 7) is 8.18. The Morgan fingerprint density at radius 1 is 1.19 bits per heavy atom. The van der Waals surface area contributed by atoms with Gasteiger partial charge in [-0.05, 0) is 56.2 Å². The summed E-state index contributed by atoms with van der Waals surface area (Å²) in [5.41, 5.74) is 3.60. The van der Waals surface area contributed by atoms with Gasteiger partial charge in [0.25, 0.3) is 5.91 Å². The third-order valence-electron chi connectivity index (χ3n) is 4.29. The van der Waals surface area contributed by atoms with Crippen LogP contribution in [0.2, 0.25) is 0 Å². The first-order chi connectivity index (χ1) is 13.1. The van der Waals surface area contributed by atoms with Crippen LogP contribution in [0.15, 0.2) is 52.4 Å². The highest BCUT2D eigenvalue weighted by atomic mass is 32.2. The van der Waals surface area contributed by atoms with Crippen LogP contribution in [0.5, 0.6) is 0 Å². The lowest BCUT2D eigenvalue weighted by Gasteiger charge is -2.07. The molecule has 0 N–H and O–H groups in total. The largest absolute Gasteiger partial charge is 0.380 e. The van der Waals surface area contributed by atoms with Crippen molar-refractivity contribution in [2.75, 3.05) is 19.0 Å². The number of benzene rings is 2. The smallest absolute Gasteiger partial charge is 0.258 e. The van der Waals surface area contributed by atoms with Gasteiger partial charge in [0, 0.05) is 18.0 Å². The average molecular weight is 401 g/mol. The molecule has 0 radical (unpaired) electrons. The lowest BCUT2D eigenvalue weighted by Crippen LogP contribution is -2.20. The SMILES string of the molecule is CCOCCn1c(=NC(=O)CSc2ccccc2)sc2cc(C)c(C)cc21. The Morgan fingerprint density at radius 3 is 2.67 bits per heavy atom. The summed E-state index contributed by atoms with van der Waals surface area (Å²) in [4.78, 5) is 18.7. The maximum Gasteiger partial charge on any atom is 0.258 e. The van der Waals surface area contributed by atoms with Crippen molar-refractivity contribution >= 4 is 39.2 Å². The van der Waals surface area contributed by atoms with E-state index in [1.54, 1.807) is 11.3 Å². The van der Waals surface area contributed by atoms with Gasteiger partial charge in [-0.1, -0.05) is 29.5 Å². The Kier molecular flexibility index (Phi) is 6.88. The van der Waals surface area contributed by atoms with Crippen molar-refractivity contribution in [3.8, 4) is 0 Å². The van der Waals surface area contributed by atoms with Crippen molar-refractivity contribution in [1.82, 2.24) is 4.57 Å². The van der Waals surface area contributed by atoms with E-state index in [-0.39, 0.29) is 5.91 Å². The van der Waals surface area contributed by atoms with Crippen LogP contribution in [-0.4, -0.2) is 29.4 Å². The van der Waals surface area contributed by atoms with E-state index in [4.69, 9.17) is 4.74 Å². The molecule has 0 spiro atoms. The van der Waals surface area contributed by atoms with Gasteiger partial charge in [0.2, 0.25) is 0 Å². The minimum atomic E-state index is -0.117. The standard InChI is InChI=1S/C21H24N2O2S2/c1-4-25-11-10-23-18-12-15(2)16(3)13-19(18)27-21(23)22-20(24)14-26-17-8-6-5-7-9-17/h5-9,12-13H,4,10-11,14H2,1-3H3. The van der Waals surface area contributed by atoms with E-state index in [2.05, 4.69) is 35.5 Å². The molecule has 0 aliphatic heterocycles. The second kappa shape index (κ2) is 9.35. The number of ether oxygens (including phenoxy) is 1. The Bertz CT molecular complexity index is 991. The fraction of sp³-hybridized carbons (Fsp3) is 0.333. The van der Waals surface area contributed by atoms with Gasteiger partial charge in [-0.2, -0.15) is 4.99 Å². The Labute approximate surface area is 167 Å². The van der Waals surface area contributed by atoms with E-state index < -0.39 is 0 Å². The van der Waals surface area contributed by atoms with E-state index in [1.807, 2.05) is 37.3 Å². The van der Waals surface area contributed by atoms with Gasteiger partial charge in [0.05, 0.1) is 22.6 Å². The summed E-state index contributed by atoms with van der Waals surface area (Å²) in [5.74, 6) is 0.218. The number of fused-ring (bicyclic) bond motifs is 1. The maximum atomic E-state index is 12.5. The quantitative estimate of drug-likeness (QED) is 0.431. The lowest BCUT2D eigenvalue weighted by molar-refractivity contribution is -0.115. The van der Waals surface area contributed by atoms with Crippen molar-refractivity contribution in [2.45, 2.75) is 32.2 Å². The second-order valence-electron chi connectivity index (χ2n) is 6.24. The molecule has 0 unspecified atom stereocenters. The zero-order chi connectivity index (χ0) is 19.2. The third kappa shape index (κ3) is 5.09. The van der Waals surface area contributed by atoms with Gasteiger partial charge in [-0.15, -0.1) is 11.8 Å². The first-order valence-electron chi connectivity index (χ1n) is 9.02. The number of hydrogen-bond donors (Lipinski definition) is 0. The third-order valence-corrected chi connectivity index (χ3v) is 6.33. The van der Waals surface area contributed by atoms with Gasteiger partial charge < -0.3 is 9.30 Å². The van der Waals surface area contributed by atoms with E-state index in [9.17, 15) is 4.79 Å². The molecule has 3 aromatic rings. The fourth-order valence-corrected chi connectivity index (χ4v) is 4.58. The number of carbonyl (C=O) groups excluding carboxylic acids is 1. The molecule has 2 aromatic carbocycles. The van der Waals surface area contributed by atoms with Crippen LogP contribution in [0.4, 0.5) is 0 Å². The normalized spacial score (nSPS) is 12.0. The van der Waals surface area contributed by atoms with Gasteiger partial charge in [-0.25, -0.2) is 0 Å². The Hall–Kier alpha value is -1.89. The molecule has 1 amide bonds. The number of hydrogen-bond acceptors (Lipinski definition) is 4. The molecule has 1 aromatic heterocycles. The van der Waals surface area contributed by atoms with Crippen LogP contribution in [0.3, 0.4) is 0 Å². The highest BCUT2D eigenvalue weighted by Crippen LogP contribution is 2.22. The molecule has 0 atom stereocenters. The van der Waals surface area contributed by atoms with Crippen molar-refractivity contribution < 1.29 is 9.53 Å². The molecule has 0 aliphatic rings. The van der Waals surface area contributed by atoms with Crippen LogP contribution in [0.1, 0.15) is 18.1 Å². The monoisotopic (exact) mass is 400 g/mol. The second-order valence-corrected chi connectivity index (χ2v) is 8.30. The van der Waals surface area contributed by atoms with Crippen LogP contribution < -0.4 is 4.80 Å². The molecule has 0 saturated carbocycles. The highest BCUT2D eigenvalue weighted by Gasteiger charge is 2.10.